The predicted octanol–water partition coefficient (Wildman–Crippen LogP) is 2.80. The van der Waals surface area contributed by atoms with E-state index in [9.17, 15) is 4.79 Å². The summed E-state index contributed by atoms with van der Waals surface area (Å²) in [4.78, 5) is 13.3. The Balaban J connectivity index is 0. The summed E-state index contributed by atoms with van der Waals surface area (Å²) in [6.45, 7) is 7.27. The average molecular weight is 331 g/mol. The van der Waals surface area contributed by atoms with Gasteiger partial charge in [0.05, 0.1) is 0 Å². The van der Waals surface area contributed by atoms with Crippen molar-refractivity contribution in [2.24, 2.45) is 0 Å². The van der Waals surface area contributed by atoms with Crippen LogP contribution in [-0.2, 0) is 24.2 Å². The number of rotatable bonds is 0. The van der Waals surface area contributed by atoms with Crippen LogP contribution in [0, 0.1) is 6.42 Å². The van der Waals surface area contributed by atoms with Crippen LogP contribution < -0.4 is 0 Å². The molecule has 0 aliphatic carbocycles. The molecule has 5 heteroatoms. The van der Waals surface area contributed by atoms with Crippen LogP contribution in [0.25, 0.3) is 0 Å². The van der Waals surface area contributed by atoms with Crippen molar-refractivity contribution in [2.75, 3.05) is 13.1 Å². The quantitative estimate of drug-likeness (QED) is 0.505. The first-order chi connectivity index (χ1) is 5.99. The van der Waals surface area contributed by atoms with E-state index in [0.29, 0.717) is 0 Å². The van der Waals surface area contributed by atoms with Crippen LogP contribution in [0.2, 0.25) is 0 Å². The molecule has 0 aromatic heterocycles. The van der Waals surface area contributed by atoms with E-state index in [1.807, 2.05) is 20.8 Å². The maximum absolute atomic E-state index is 11.5. The average Bonchev–Trinajstić information content (AvgIpc) is 2.03. The van der Waals surface area contributed by atoms with E-state index in [2.05, 4.69) is 6.42 Å². The van der Waals surface area contributed by atoms with Gasteiger partial charge in [0, 0.05) is 19.5 Å². The standard InChI is InChI=1S/C10H18NO2.BrH.Zn/c1-10(2,3)13-9(12)11-7-5-4-6-8-11;;/h4H,5-8H2,1-3H3;1H;/q-1;;. The molecule has 0 unspecified atom stereocenters. The molecular formula is C10H19BrNO2Zn-. The molecule has 3 nitrogen and oxygen atoms in total. The van der Waals surface area contributed by atoms with Gasteiger partial charge in [-0.3, -0.25) is 0 Å². The van der Waals surface area contributed by atoms with Gasteiger partial charge in [0.2, 0.25) is 0 Å². The summed E-state index contributed by atoms with van der Waals surface area (Å²) in [7, 11) is 0. The third-order valence-electron chi connectivity index (χ3n) is 1.86. The molecule has 0 saturated carbocycles. The van der Waals surface area contributed by atoms with E-state index in [4.69, 9.17) is 4.74 Å². The molecule has 1 rings (SSSR count). The minimum Gasteiger partial charge on any atom is -0.444 e. The molecule has 0 atom stereocenters. The van der Waals surface area contributed by atoms with Crippen molar-refractivity contribution in [1.82, 2.24) is 4.90 Å². The first-order valence-corrected chi connectivity index (χ1v) is 4.78. The van der Waals surface area contributed by atoms with Gasteiger partial charge in [-0.25, -0.2) is 4.79 Å². The maximum atomic E-state index is 11.5. The van der Waals surface area contributed by atoms with Crippen molar-refractivity contribution in [3.05, 3.63) is 6.42 Å². The Morgan fingerprint density at radius 1 is 1.27 bits per heavy atom. The Morgan fingerprint density at radius 2 is 1.73 bits per heavy atom. The van der Waals surface area contributed by atoms with E-state index in [-0.39, 0.29) is 48.2 Å². The summed E-state index contributed by atoms with van der Waals surface area (Å²) >= 11 is 0. The van der Waals surface area contributed by atoms with Crippen molar-refractivity contribution < 1.29 is 29.0 Å². The topological polar surface area (TPSA) is 29.5 Å². The van der Waals surface area contributed by atoms with Crippen LogP contribution >= 0.6 is 17.0 Å². The SMILES string of the molecule is Br.CC(C)(C)OC(=O)N1CC[CH-]CC1.[Zn]. The molecule has 0 bridgehead atoms. The van der Waals surface area contributed by atoms with Gasteiger partial charge < -0.3 is 16.1 Å². The zero-order chi connectivity index (χ0) is 9.90. The first-order valence-electron chi connectivity index (χ1n) is 4.78. The summed E-state index contributed by atoms with van der Waals surface area (Å²) in [5.74, 6) is 0. The van der Waals surface area contributed by atoms with Gasteiger partial charge in [-0.1, -0.05) is 0 Å². The summed E-state index contributed by atoms with van der Waals surface area (Å²) in [5, 5.41) is 0. The first kappa shape index (κ1) is 17.8. The summed E-state index contributed by atoms with van der Waals surface area (Å²) < 4.78 is 5.25. The number of hydrogen-bond donors (Lipinski definition) is 0. The molecule has 86 valence electrons. The number of nitrogens with zero attached hydrogens (tertiary/aromatic N) is 1. The second-order valence-corrected chi connectivity index (χ2v) is 4.33. The monoisotopic (exact) mass is 328 g/mol. The van der Waals surface area contributed by atoms with Crippen LogP contribution in [0.1, 0.15) is 33.6 Å². The number of carbonyl (C=O) groups excluding carboxylic acids is 1. The molecule has 0 N–H and O–H groups in total. The van der Waals surface area contributed by atoms with Crippen LogP contribution in [0.3, 0.4) is 0 Å². The van der Waals surface area contributed by atoms with Crippen LogP contribution in [-0.4, -0.2) is 29.7 Å². The minimum atomic E-state index is -0.377. The summed E-state index contributed by atoms with van der Waals surface area (Å²) in [5.41, 5.74) is -0.377. The van der Waals surface area contributed by atoms with Crippen molar-refractivity contribution in [3.8, 4) is 0 Å². The number of hydrogen-bond acceptors (Lipinski definition) is 2. The van der Waals surface area contributed by atoms with Gasteiger partial charge in [0.1, 0.15) is 5.60 Å². The Hall–Kier alpha value is 0.373. The number of amides is 1. The van der Waals surface area contributed by atoms with Crippen LogP contribution in [0.15, 0.2) is 0 Å². The molecule has 15 heavy (non-hydrogen) atoms. The number of piperidine rings is 1. The third-order valence-corrected chi connectivity index (χ3v) is 1.86. The predicted molar refractivity (Wildman–Crippen MR) is 61.7 cm³/mol. The van der Waals surface area contributed by atoms with E-state index in [0.717, 1.165) is 25.9 Å². The van der Waals surface area contributed by atoms with Crippen LogP contribution in [0.4, 0.5) is 4.79 Å². The van der Waals surface area contributed by atoms with Crippen LogP contribution in [0.5, 0.6) is 0 Å². The maximum Gasteiger partial charge on any atom is 0.410 e. The largest absolute Gasteiger partial charge is 0.444 e. The molecule has 1 saturated heterocycles. The van der Waals surface area contributed by atoms with Gasteiger partial charge in [-0.05, 0) is 33.9 Å². The second-order valence-electron chi connectivity index (χ2n) is 4.33. The zero-order valence-electron chi connectivity index (χ0n) is 9.78. The molecule has 0 aromatic rings. The normalized spacial score (nSPS) is 16.1. The Morgan fingerprint density at radius 3 is 2.13 bits per heavy atom. The van der Waals surface area contributed by atoms with Gasteiger partial charge in [-0.2, -0.15) is 12.8 Å². The summed E-state index contributed by atoms with van der Waals surface area (Å²) in [6, 6.07) is 0. The number of likely N-dealkylation sites (tertiary alicyclic amines) is 1. The van der Waals surface area contributed by atoms with Gasteiger partial charge in [0.15, 0.2) is 0 Å². The zero-order valence-corrected chi connectivity index (χ0v) is 14.5. The molecule has 1 fully saturated rings. The van der Waals surface area contributed by atoms with Gasteiger partial charge in [-0.15, -0.1) is 17.0 Å². The number of ether oxygens (including phenoxy) is 1. The summed E-state index contributed by atoms with van der Waals surface area (Å²) in [6.07, 6.45) is 4.00. The van der Waals surface area contributed by atoms with Gasteiger partial charge in [0.25, 0.3) is 0 Å². The van der Waals surface area contributed by atoms with E-state index < -0.39 is 0 Å². The molecular weight excluding hydrogens is 311 g/mol. The Labute approximate surface area is 115 Å². The second kappa shape index (κ2) is 7.61. The minimum absolute atomic E-state index is 0. The fraction of sp³-hybridized carbons (Fsp3) is 0.800. The fourth-order valence-electron chi connectivity index (χ4n) is 1.26. The van der Waals surface area contributed by atoms with E-state index >= 15 is 0 Å². The molecule has 0 radical (unpaired) electrons. The van der Waals surface area contributed by atoms with E-state index in [1.165, 1.54) is 0 Å². The van der Waals surface area contributed by atoms with Crippen molar-refractivity contribution in [1.29, 1.82) is 0 Å². The molecule has 1 aliphatic heterocycles. The van der Waals surface area contributed by atoms with E-state index in [1.54, 1.807) is 4.90 Å². The molecule has 1 amide bonds. The smallest absolute Gasteiger partial charge is 0.410 e. The Bertz CT molecular complexity index is 188. The molecule has 1 aliphatic rings. The van der Waals surface area contributed by atoms with Crippen molar-refractivity contribution in [3.63, 3.8) is 0 Å². The molecule has 0 spiro atoms. The number of carbonyl (C=O) groups is 1. The number of halogens is 1. The Kier molecular flexibility index (Phi) is 9.02. The van der Waals surface area contributed by atoms with Crippen molar-refractivity contribution >= 4 is 23.1 Å². The molecule has 1 heterocycles. The fourth-order valence-corrected chi connectivity index (χ4v) is 1.26. The van der Waals surface area contributed by atoms with Crippen molar-refractivity contribution in [2.45, 2.75) is 39.2 Å². The molecule has 0 aromatic carbocycles. The van der Waals surface area contributed by atoms with Gasteiger partial charge >= 0.3 is 6.09 Å². The third kappa shape index (κ3) is 7.29.